The van der Waals surface area contributed by atoms with Crippen molar-refractivity contribution in [2.75, 3.05) is 6.61 Å². The monoisotopic (exact) mass is 374 g/mol. The van der Waals surface area contributed by atoms with Crippen molar-refractivity contribution in [3.8, 4) is 0 Å². The number of amides is 2. The average Bonchev–Trinajstić information content (AvgIpc) is 3.38. The van der Waals surface area contributed by atoms with E-state index in [1.807, 2.05) is 4.68 Å². The number of nitrogens with one attached hydrogen (secondary N) is 1. The number of aliphatic hydroxyl groups is 1. The van der Waals surface area contributed by atoms with Gasteiger partial charge in [0, 0.05) is 5.57 Å². The van der Waals surface area contributed by atoms with Crippen LogP contribution in [-0.4, -0.2) is 50.7 Å². The molecule has 8 nitrogen and oxygen atoms in total. The first-order valence-corrected chi connectivity index (χ1v) is 9.75. The molecule has 0 aromatic carbocycles. The van der Waals surface area contributed by atoms with Crippen molar-refractivity contribution in [3.63, 3.8) is 0 Å². The largest absolute Gasteiger partial charge is 0.394 e. The fourth-order valence-corrected chi connectivity index (χ4v) is 4.61. The quantitative estimate of drug-likeness (QED) is 0.743. The van der Waals surface area contributed by atoms with E-state index in [0.29, 0.717) is 17.9 Å². The third-order valence-electron chi connectivity index (χ3n) is 6.10. The van der Waals surface area contributed by atoms with Gasteiger partial charge in [-0.05, 0) is 25.7 Å². The van der Waals surface area contributed by atoms with E-state index in [-0.39, 0.29) is 24.5 Å². The maximum absolute atomic E-state index is 12.3. The van der Waals surface area contributed by atoms with Crippen LogP contribution in [-0.2, 0) is 20.7 Å². The fraction of sp³-hybridized carbons (Fsp3) is 0.684. The van der Waals surface area contributed by atoms with Crippen molar-refractivity contribution in [3.05, 3.63) is 23.5 Å². The Labute approximate surface area is 158 Å². The number of carbonyl (C=O) groups excluding carboxylic acids is 2. The zero-order valence-corrected chi connectivity index (χ0v) is 15.5. The van der Waals surface area contributed by atoms with Gasteiger partial charge in [0.25, 0.3) is 5.91 Å². The van der Waals surface area contributed by atoms with E-state index in [0.717, 1.165) is 12.1 Å². The van der Waals surface area contributed by atoms with E-state index < -0.39 is 18.1 Å². The first-order valence-electron chi connectivity index (χ1n) is 9.75. The van der Waals surface area contributed by atoms with Crippen molar-refractivity contribution in [1.82, 2.24) is 20.3 Å². The van der Waals surface area contributed by atoms with Crippen molar-refractivity contribution in [2.24, 2.45) is 11.8 Å². The zero-order valence-electron chi connectivity index (χ0n) is 15.5. The number of nitrogens with zero attached hydrogens (tertiary/aromatic N) is 3. The third-order valence-corrected chi connectivity index (χ3v) is 6.10. The molecule has 0 spiro atoms. The number of aromatic nitrogens is 3. The minimum atomic E-state index is -0.538. The van der Waals surface area contributed by atoms with Crippen molar-refractivity contribution < 1.29 is 19.4 Å². The smallest absolute Gasteiger partial charge is 0.253 e. The molecule has 2 fully saturated rings. The summed E-state index contributed by atoms with van der Waals surface area (Å²) in [5, 5.41) is 20.6. The molecule has 1 saturated carbocycles. The summed E-state index contributed by atoms with van der Waals surface area (Å²) in [4.78, 5) is 23.9. The van der Waals surface area contributed by atoms with E-state index in [4.69, 9.17) is 4.74 Å². The highest BCUT2D eigenvalue weighted by Crippen LogP contribution is 2.37. The Kier molecular flexibility index (Phi) is 5.10. The highest BCUT2D eigenvalue weighted by molar-refractivity contribution is 6.08. The van der Waals surface area contributed by atoms with Crippen LogP contribution in [0.2, 0.25) is 0 Å². The van der Waals surface area contributed by atoms with Crippen LogP contribution in [0.3, 0.4) is 0 Å². The number of imide groups is 1. The average molecular weight is 374 g/mol. The molecule has 146 valence electrons. The van der Waals surface area contributed by atoms with Crippen LogP contribution in [0, 0.1) is 11.8 Å². The highest BCUT2D eigenvalue weighted by atomic mass is 16.5. The third kappa shape index (κ3) is 3.55. The second kappa shape index (κ2) is 7.52. The van der Waals surface area contributed by atoms with Gasteiger partial charge in [0.05, 0.1) is 36.6 Å². The molecule has 1 aromatic heterocycles. The van der Waals surface area contributed by atoms with Crippen LogP contribution < -0.4 is 5.32 Å². The molecule has 1 unspecified atom stereocenters. The summed E-state index contributed by atoms with van der Waals surface area (Å²) >= 11 is 0. The summed E-state index contributed by atoms with van der Waals surface area (Å²) in [7, 11) is 0. The molecule has 8 heteroatoms. The number of aliphatic hydroxyl groups excluding tert-OH is 1. The molecule has 4 atom stereocenters. The van der Waals surface area contributed by atoms with Crippen LogP contribution in [0.5, 0.6) is 0 Å². The molecule has 0 bridgehead atoms. The van der Waals surface area contributed by atoms with Gasteiger partial charge < -0.3 is 9.84 Å². The fourth-order valence-electron chi connectivity index (χ4n) is 4.61. The SMILES string of the molecule is CC1=CC([C@H]2C[C@H](n3nncc3CC3CCCC3)[C@@H](CO)O2)C(=O)NC1=O. The number of hydrogen-bond acceptors (Lipinski definition) is 6. The second-order valence-corrected chi connectivity index (χ2v) is 7.92. The Morgan fingerprint density at radius 3 is 2.85 bits per heavy atom. The van der Waals surface area contributed by atoms with Gasteiger partial charge >= 0.3 is 0 Å². The minimum absolute atomic E-state index is 0.153. The Balaban J connectivity index is 1.53. The summed E-state index contributed by atoms with van der Waals surface area (Å²) in [6.45, 7) is 1.53. The standard InChI is InChI=1S/C19H26N4O4/c1-11-6-14(19(26)21-18(11)25)16-8-15(17(10-24)27-16)23-13(9-20-22-23)7-12-4-2-3-5-12/h6,9,12,14-17,24H,2-5,7-8,10H2,1H3,(H,21,25,26)/t14?,15-,16+,17+/m0/s1. The molecular weight excluding hydrogens is 348 g/mol. The van der Waals surface area contributed by atoms with E-state index in [9.17, 15) is 14.7 Å². The van der Waals surface area contributed by atoms with Crippen molar-refractivity contribution in [2.45, 2.75) is 63.7 Å². The molecule has 4 rings (SSSR count). The summed E-state index contributed by atoms with van der Waals surface area (Å²) < 4.78 is 7.89. The van der Waals surface area contributed by atoms with E-state index >= 15 is 0 Å². The van der Waals surface area contributed by atoms with Gasteiger partial charge in [-0.1, -0.05) is 37.0 Å². The molecule has 3 aliphatic rings. The zero-order chi connectivity index (χ0) is 19.0. The summed E-state index contributed by atoms with van der Waals surface area (Å²) in [5.74, 6) is -0.588. The van der Waals surface area contributed by atoms with Gasteiger partial charge in [-0.3, -0.25) is 14.9 Å². The molecule has 1 aliphatic carbocycles. The second-order valence-electron chi connectivity index (χ2n) is 7.92. The maximum atomic E-state index is 12.3. The van der Waals surface area contributed by atoms with Gasteiger partial charge in [0.1, 0.15) is 6.10 Å². The normalized spacial score (nSPS) is 32.0. The van der Waals surface area contributed by atoms with Crippen LogP contribution in [0.1, 0.15) is 50.8 Å². The number of hydrogen-bond donors (Lipinski definition) is 2. The molecule has 1 aromatic rings. The minimum Gasteiger partial charge on any atom is -0.394 e. The van der Waals surface area contributed by atoms with Crippen LogP contribution in [0.4, 0.5) is 0 Å². The Morgan fingerprint density at radius 1 is 1.33 bits per heavy atom. The number of carbonyl (C=O) groups is 2. The van der Waals surface area contributed by atoms with Crippen molar-refractivity contribution >= 4 is 11.8 Å². The lowest BCUT2D eigenvalue weighted by atomic mass is 9.92. The Bertz CT molecular complexity index is 753. The predicted octanol–water partition coefficient (Wildman–Crippen LogP) is 0.921. The van der Waals surface area contributed by atoms with E-state index in [1.54, 1.807) is 19.2 Å². The Hall–Kier alpha value is -2.06. The van der Waals surface area contributed by atoms with E-state index in [2.05, 4.69) is 15.6 Å². The van der Waals surface area contributed by atoms with Gasteiger partial charge in [-0.2, -0.15) is 0 Å². The van der Waals surface area contributed by atoms with Gasteiger partial charge in [0.15, 0.2) is 0 Å². The molecule has 2 N–H and O–H groups in total. The summed E-state index contributed by atoms with van der Waals surface area (Å²) in [6, 6.07) is -0.168. The molecule has 3 heterocycles. The lowest BCUT2D eigenvalue weighted by Crippen LogP contribution is -2.44. The van der Waals surface area contributed by atoms with Gasteiger partial charge in [0.2, 0.25) is 5.91 Å². The molecule has 2 amide bonds. The Morgan fingerprint density at radius 2 is 2.11 bits per heavy atom. The lowest BCUT2D eigenvalue weighted by molar-refractivity contribution is -0.134. The predicted molar refractivity (Wildman–Crippen MR) is 95.5 cm³/mol. The first kappa shape index (κ1) is 18.3. The van der Waals surface area contributed by atoms with Crippen LogP contribution >= 0.6 is 0 Å². The van der Waals surface area contributed by atoms with Crippen LogP contribution in [0.25, 0.3) is 0 Å². The van der Waals surface area contributed by atoms with Crippen LogP contribution in [0.15, 0.2) is 17.8 Å². The van der Waals surface area contributed by atoms with E-state index in [1.165, 1.54) is 25.7 Å². The highest BCUT2D eigenvalue weighted by Gasteiger charge is 2.44. The molecule has 2 aliphatic heterocycles. The summed E-state index contributed by atoms with van der Waals surface area (Å²) in [5.41, 5.74) is 1.57. The molecule has 27 heavy (non-hydrogen) atoms. The van der Waals surface area contributed by atoms with Gasteiger partial charge in [-0.15, -0.1) is 5.10 Å². The lowest BCUT2D eigenvalue weighted by Gasteiger charge is -2.23. The summed E-state index contributed by atoms with van der Waals surface area (Å²) in [6.07, 6.45) is 9.13. The number of ether oxygens (including phenoxy) is 1. The molecular formula is C19H26N4O4. The topological polar surface area (TPSA) is 106 Å². The maximum Gasteiger partial charge on any atom is 0.253 e. The first-order chi connectivity index (χ1) is 13.1. The van der Waals surface area contributed by atoms with Gasteiger partial charge in [-0.25, -0.2) is 4.68 Å². The number of rotatable bonds is 5. The molecule has 0 radical (unpaired) electrons. The van der Waals surface area contributed by atoms with Crippen molar-refractivity contribution in [1.29, 1.82) is 0 Å². The molecule has 1 saturated heterocycles.